The lowest BCUT2D eigenvalue weighted by Crippen LogP contribution is -2.58. The van der Waals surface area contributed by atoms with Crippen LogP contribution in [0.2, 0.25) is 0 Å². The van der Waals surface area contributed by atoms with Crippen molar-refractivity contribution in [1.82, 2.24) is 4.90 Å². The zero-order valence-electron chi connectivity index (χ0n) is 34.0. The second-order valence-corrected chi connectivity index (χ2v) is 18.4. The molecule has 1 saturated carbocycles. The van der Waals surface area contributed by atoms with Crippen LogP contribution in [0.3, 0.4) is 0 Å². The highest BCUT2D eigenvalue weighted by Gasteiger charge is 2.30. The highest BCUT2D eigenvalue weighted by molar-refractivity contribution is 7.98. The van der Waals surface area contributed by atoms with Crippen molar-refractivity contribution in [2.45, 2.75) is 192 Å². The molecule has 0 aromatic heterocycles. The van der Waals surface area contributed by atoms with Crippen molar-refractivity contribution in [1.29, 1.82) is 0 Å². The van der Waals surface area contributed by atoms with Crippen molar-refractivity contribution in [2.75, 3.05) is 41.3 Å². The SMILES string of the molecule is CCCCCCCCCCCCSCc1ccc(N2CN(c3ccc(CSCCCCCCCCCCCC)cc3)CN(C3CCCCC3)C2)cc1. The van der Waals surface area contributed by atoms with Crippen molar-refractivity contribution in [2.24, 2.45) is 0 Å². The van der Waals surface area contributed by atoms with Gasteiger partial charge < -0.3 is 9.80 Å². The minimum Gasteiger partial charge on any atom is -0.341 e. The van der Waals surface area contributed by atoms with E-state index in [9.17, 15) is 0 Å². The Balaban J connectivity index is 1.16. The number of nitrogens with zero attached hydrogens (tertiary/aromatic N) is 3. The molecule has 52 heavy (non-hydrogen) atoms. The zero-order chi connectivity index (χ0) is 36.3. The Morgan fingerprint density at radius 1 is 0.442 bits per heavy atom. The molecule has 0 atom stereocenters. The van der Waals surface area contributed by atoms with Crippen LogP contribution >= 0.6 is 23.5 Å². The van der Waals surface area contributed by atoms with Crippen LogP contribution in [0.5, 0.6) is 0 Å². The number of hydrogen-bond donors (Lipinski definition) is 0. The third kappa shape index (κ3) is 17.9. The lowest BCUT2D eigenvalue weighted by Gasteiger charge is -2.48. The van der Waals surface area contributed by atoms with Crippen LogP contribution in [0, 0.1) is 0 Å². The molecule has 3 nitrogen and oxygen atoms in total. The standard InChI is InChI=1S/C47H79N3S2/c1-3-5-7-9-11-13-15-17-19-24-36-51-38-43-28-32-46(33-29-43)49-40-48(45-26-22-21-23-27-45)41-50(42-49)47-34-30-44(31-35-47)39-52-37-25-20-18-16-14-12-10-8-6-4-2/h28-35,45H,3-27,36-42H2,1-2H3. The molecule has 0 radical (unpaired) electrons. The van der Waals surface area contributed by atoms with Crippen LogP contribution in [0.4, 0.5) is 11.4 Å². The van der Waals surface area contributed by atoms with Gasteiger partial charge in [0.1, 0.15) is 0 Å². The summed E-state index contributed by atoms with van der Waals surface area (Å²) in [5.41, 5.74) is 5.68. The van der Waals surface area contributed by atoms with Crippen LogP contribution in [-0.2, 0) is 11.5 Å². The van der Waals surface area contributed by atoms with Gasteiger partial charge in [-0.3, -0.25) is 4.90 Å². The van der Waals surface area contributed by atoms with Crippen molar-refractivity contribution < 1.29 is 0 Å². The molecule has 1 heterocycles. The maximum Gasteiger partial charge on any atom is 0.0928 e. The molecular formula is C47H79N3S2. The van der Waals surface area contributed by atoms with Crippen LogP contribution in [0.1, 0.15) is 185 Å². The van der Waals surface area contributed by atoms with Gasteiger partial charge in [-0.05, 0) is 72.6 Å². The van der Waals surface area contributed by atoms with E-state index in [1.54, 1.807) is 0 Å². The molecule has 1 saturated heterocycles. The molecule has 2 aliphatic rings. The Morgan fingerprint density at radius 3 is 1.19 bits per heavy atom. The first kappa shape index (κ1) is 43.4. The van der Waals surface area contributed by atoms with Crippen LogP contribution < -0.4 is 9.80 Å². The van der Waals surface area contributed by atoms with Gasteiger partial charge in [0.2, 0.25) is 0 Å². The summed E-state index contributed by atoms with van der Waals surface area (Å²) in [4.78, 5) is 8.01. The van der Waals surface area contributed by atoms with E-state index < -0.39 is 0 Å². The van der Waals surface area contributed by atoms with E-state index in [1.165, 1.54) is 195 Å². The molecule has 0 bridgehead atoms. The molecule has 2 aromatic rings. The van der Waals surface area contributed by atoms with E-state index in [2.05, 4.69) is 101 Å². The Labute approximate surface area is 331 Å². The van der Waals surface area contributed by atoms with Gasteiger partial charge in [0, 0.05) is 28.9 Å². The topological polar surface area (TPSA) is 9.72 Å². The maximum atomic E-state index is 2.77. The van der Waals surface area contributed by atoms with Crippen molar-refractivity contribution in [3.05, 3.63) is 59.7 Å². The Hall–Kier alpha value is -1.30. The number of thioether (sulfide) groups is 2. The largest absolute Gasteiger partial charge is 0.341 e. The van der Waals surface area contributed by atoms with Gasteiger partial charge in [0.15, 0.2) is 0 Å². The fourth-order valence-electron chi connectivity index (χ4n) is 8.15. The van der Waals surface area contributed by atoms with E-state index in [-0.39, 0.29) is 0 Å². The van der Waals surface area contributed by atoms with Gasteiger partial charge in [0.05, 0.1) is 20.0 Å². The molecule has 0 amide bonds. The smallest absolute Gasteiger partial charge is 0.0928 e. The number of benzene rings is 2. The minimum atomic E-state index is 0.710. The van der Waals surface area contributed by atoms with E-state index in [0.29, 0.717) is 6.04 Å². The van der Waals surface area contributed by atoms with E-state index >= 15 is 0 Å². The summed E-state index contributed by atoms with van der Waals surface area (Å²) < 4.78 is 0. The zero-order valence-corrected chi connectivity index (χ0v) is 35.6. The minimum absolute atomic E-state index is 0.710. The third-order valence-electron chi connectivity index (χ3n) is 11.6. The quantitative estimate of drug-likeness (QED) is 0.0764. The van der Waals surface area contributed by atoms with Crippen molar-refractivity contribution in [3.8, 4) is 0 Å². The van der Waals surface area contributed by atoms with Gasteiger partial charge in [-0.1, -0.05) is 173 Å². The van der Waals surface area contributed by atoms with Gasteiger partial charge in [-0.2, -0.15) is 23.5 Å². The van der Waals surface area contributed by atoms with Gasteiger partial charge in [-0.15, -0.1) is 0 Å². The Morgan fingerprint density at radius 2 is 0.808 bits per heavy atom. The second-order valence-electron chi connectivity index (χ2n) is 16.2. The van der Waals surface area contributed by atoms with Crippen LogP contribution in [0.25, 0.3) is 0 Å². The molecule has 294 valence electrons. The lowest BCUT2D eigenvalue weighted by molar-refractivity contribution is 0.139. The molecule has 0 N–H and O–H groups in total. The summed E-state index contributed by atoms with van der Waals surface area (Å²) >= 11 is 4.25. The van der Waals surface area contributed by atoms with Crippen LogP contribution in [-0.4, -0.2) is 42.5 Å². The average molecular weight is 750 g/mol. The monoisotopic (exact) mass is 750 g/mol. The van der Waals surface area contributed by atoms with E-state index in [4.69, 9.17) is 0 Å². The highest BCUT2D eigenvalue weighted by atomic mass is 32.2. The molecular weight excluding hydrogens is 671 g/mol. The summed E-state index contributed by atoms with van der Waals surface area (Å²) in [6.45, 7) is 7.66. The predicted octanol–water partition coefficient (Wildman–Crippen LogP) is 14.8. The van der Waals surface area contributed by atoms with Crippen LogP contribution in [0.15, 0.2) is 48.5 Å². The number of unbranched alkanes of at least 4 members (excludes halogenated alkanes) is 18. The molecule has 1 aliphatic heterocycles. The summed E-state index contributed by atoms with van der Waals surface area (Å²) in [5.74, 6) is 4.88. The first-order valence-corrected chi connectivity index (χ1v) is 24.6. The van der Waals surface area contributed by atoms with Crippen molar-refractivity contribution >= 4 is 34.9 Å². The molecule has 4 rings (SSSR count). The molecule has 2 aromatic carbocycles. The summed E-state index contributed by atoms with van der Waals surface area (Å²) in [5, 5.41) is 0. The Kier molecular flexibility index (Phi) is 23.5. The molecule has 5 heteroatoms. The lowest BCUT2D eigenvalue weighted by atomic mass is 9.94. The molecule has 0 unspecified atom stereocenters. The fourth-order valence-corrected chi connectivity index (χ4v) is 10.1. The summed E-state index contributed by atoms with van der Waals surface area (Å²) in [7, 11) is 0. The summed E-state index contributed by atoms with van der Waals surface area (Å²) in [6.07, 6.45) is 35.3. The Bertz CT molecular complexity index is 1040. The second kappa shape index (κ2) is 28.2. The highest BCUT2D eigenvalue weighted by Crippen LogP contribution is 2.30. The summed E-state index contributed by atoms with van der Waals surface area (Å²) in [6, 6.07) is 19.9. The molecule has 0 spiro atoms. The predicted molar refractivity (Wildman–Crippen MR) is 237 cm³/mol. The van der Waals surface area contributed by atoms with Gasteiger partial charge >= 0.3 is 0 Å². The van der Waals surface area contributed by atoms with E-state index in [0.717, 1.165) is 31.5 Å². The fraction of sp³-hybridized carbons (Fsp3) is 0.745. The van der Waals surface area contributed by atoms with Gasteiger partial charge in [0.25, 0.3) is 0 Å². The maximum absolute atomic E-state index is 2.77. The van der Waals surface area contributed by atoms with Crippen molar-refractivity contribution in [3.63, 3.8) is 0 Å². The average Bonchev–Trinajstić information content (AvgIpc) is 3.19. The number of anilines is 2. The number of hydrogen-bond acceptors (Lipinski definition) is 5. The molecule has 2 fully saturated rings. The van der Waals surface area contributed by atoms with E-state index in [1.807, 2.05) is 0 Å². The molecule has 1 aliphatic carbocycles. The normalized spacial score (nSPS) is 15.9. The first-order valence-electron chi connectivity index (χ1n) is 22.3. The third-order valence-corrected chi connectivity index (χ3v) is 13.8. The number of rotatable bonds is 29. The van der Waals surface area contributed by atoms with Gasteiger partial charge in [-0.25, -0.2) is 0 Å². The first-order chi connectivity index (χ1) is 25.8.